The number of carbonyl (C=O) groups is 2. The number of hydrogen-bond donors (Lipinski definition) is 1. The van der Waals surface area contributed by atoms with E-state index >= 15 is 0 Å². The molecular formula is C31H38ClN3O5S. The van der Waals surface area contributed by atoms with Crippen molar-refractivity contribution >= 4 is 39.1 Å². The predicted octanol–water partition coefficient (Wildman–Crippen LogP) is 5.58. The molecule has 0 heterocycles. The Morgan fingerprint density at radius 1 is 1.00 bits per heavy atom. The number of anilines is 1. The predicted molar refractivity (Wildman–Crippen MR) is 163 cm³/mol. The molecule has 1 unspecified atom stereocenters. The van der Waals surface area contributed by atoms with Crippen LogP contribution in [0.1, 0.15) is 44.2 Å². The topological polar surface area (TPSA) is 96.0 Å². The van der Waals surface area contributed by atoms with Crippen LogP contribution < -0.4 is 14.4 Å². The maximum atomic E-state index is 14.1. The van der Waals surface area contributed by atoms with Crippen molar-refractivity contribution < 1.29 is 22.7 Å². The standard InChI is InChI=1S/C31H38ClN3O5S/c1-5-7-19-33-31(37)28(6-2)34(21-24-15-13-23(3)14-16-24)30(36)22-35(25-17-18-29(40-4)27(32)20-25)41(38,39)26-11-9-8-10-12-26/h8-18,20,28H,5-7,19,21-22H2,1-4H3,(H,33,37). The first kappa shape index (κ1) is 32.0. The van der Waals surface area contributed by atoms with Crippen LogP contribution in [0.3, 0.4) is 0 Å². The first-order valence-corrected chi connectivity index (χ1v) is 15.5. The Morgan fingerprint density at radius 3 is 2.27 bits per heavy atom. The Labute approximate surface area is 248 Å². The zero-order valence-electron chi connectivity index (χ0n) is 24.0. The minimum atomic E-state index is -4.18. The van der Waals surface area contributed by atoms with Gasteiger partial charge in [-0.1, -0.05) is 79.9 Å². The maximum Gasteiger partial charge on any atom is 0.264 e. The third-order valence-corrected chi connectivity index (χ3v) is 8.81. The Kier molecular flexibility index (Phi) is 11.6. The van der Waals surface area contributed by atoms with Crippen molar-refractivity contribution in [2.24, 2.45) is 0 Å². The van der Waals surface area contributed by atoms with E-state index in [2.05, 4.69) is 5.32 Å². The first-order chi connectivity index (χ1) is 19.6. The van der Waals surface area contributed by atoms with Gasteiger partial charge in [-0.05, 0) is 55.7 Å². The molecule has 220 valence electrons. The second-order valence-electron chi connectivity index (χ2n) is 9.72. The minimum absolute atomic E-state index is 0.0224. The highest BCUT2D eigenvalue weighted by Gasteiger charge is 2.33. The number of carbonyl (C=O) groups excluding carboxylic acids is 2. The number of amides is 2. The van der Waals surface area contributed by atoms with Crippen molar-refractivity contribution in [2.45, 2.75) is 57.5 Å². The molecule has 41 heavy (non-hydrogen) atoms. The summed E-state index contributed by atoms with van der Waals surface area (Å²) in [4.78, 5) is 28.8. The van der Waals surface area contributed by atoms with Gasteiger partial charge in [0.25, 0.3) is 10.0 Å². The monoisotopic (exact) mass is 599 g/mol. The number of nitrogens with zero attached hydrogens (tertiary/aromatic N) is 2. The number of rotatable bonds is 14. The third kappa shape index (κ3) is 8.24. The molecule has 1 atom stereocenters. The maximum absolute atomic E-state index is 14.1. The van der Waals surface area contributed by atoms with E-state index in [1.54, 1.807) is 24.3 Å². The molecule has 0 bridgehead atoms. The Balaban J connectivity index is 2.05. The van der Waals surface area contributed by atoms with Gasteiger partial charge in [0, 0.05) is 13.1 Å². The second-order valence-corrected chi connectivity index (χ2v) is 12.0. The van der Waals surface area contributed by atoms with E-state index in [9.17, 15) is 18.0 Å². The number of benzene rings is 3. The molecule has 0 saturated heterocycles. The van der Waals surface area contributed by atoms with E-state index in [4.69, 9.17) is 16.3 Å². The lowest BCUT2D eigenvalue weighted by Crippen LogP contribution is -2.52. The molecule has 0 spiro atoms. The van der Waals surface area contributed by atoms with Crippen LogP contribution in [0.25, 0.3) is 0 Å². The van der Waals surface area contributed by atoms with Crippen LogP contribution >= 0.6 is 11.6 Å². The average molecular weight is 600 g/mol. The number of ether oxygens (including phenoxy) is 1. The number of nitrogens with one attached hydrogen (secondary N) is 1. The lowest BCUT2D eigenvalue weighted by atomic mass is 10.1. The van der Waals surface area contributed by atoms with Gasteiger partial charge in [-0.25, -0.2) is 8.42 Å². The van der Waals surface area contributed by atoms with Gasteiger partial charge in [0.15, 0.2) is 0 Å². The molecule has 0 fully saturated rings. The summed E-state index contributed by atoms with van der Waals surface area (Å²) in [6, 6.07) is 19.3. The molecule has 0 aliphatic rings. The molecule has 3 rings (SSSR count). The van der Waals surface area contributed by atoms with Gasteiger partial charge in [0.1, 0.15) is 18.3 Å². The minimum Gasteiger partial charge on any atom is -0.495 e. The summed E-state index contributed by atoms with van der Waals surface area (Å²) >= 11 is 6.37. The van der Waals surface area contributed by atoms with Crippen molar-refractivity contribution in [3.63, 3.8) is 0 Å². The first-order valence-electron chi connectivity index (χ1n) is 13.7. The molecule has 0 aliphatic heterocycles. The lowest BCUT2D eigenvalue weighted by molar-refractivity contribution is -0.140. The summed E-state index contributed by atoms with van der Waals surface area (Å²) < 4.78 is 34.1. The van der Waals surface area contributed by atoms with Crippen LogP contribution in [0.4, 0.5) is 5.69 Å². The fourth-order valence-electron chi connectivity index (χ4n) is 4.37. The zero-order valence-corrected chi connectivity index (χ0v) is 25.5. The molecule has 3 aromatic carbocycles. The van der Waals surface area contributed by atoms with Crippen LogP contribution in [-0.2, 0) is 26.2 Å². The largest absolute Gasteiger partial charge is 0.495 e. The van der Waals surface area contributed by atoms with Crippen molar-refractivity contribution in [1.82, 2.24) is 10.2 Å². The average Bonchev–Trinajstić information content (AvgIpc) is 2.97. The molecule has 0 saturated carbocycles. The van der Waals surface area contributed by atoms with Crippen molar-refractivity contribution in [3.05, 3.63) is 88.9 Å². The molecule has 3 aromatic rings. The molecule has 1 N–H and O–H groups in total. The van der Waals surface area contributed by atoms with E-state index in [0.717, 1.165) is 28.3 Å². The molecule has 8 nitrogen and oxygen atoms in total. The van der Waals surface area contributed by atoms with Crippen LogP contribution in [0, 0.1) is 6.92 Å². The van der Waals surface area contributed by atoms with E-state index in [0.29, 0.717) is 18.7 Å². The van der Waals surface area contributed by atoms with E-state index in [1.807, 2.05) is 45.0 Å². The van der Waals surface area contributed by atoms with Gasteiger partial charge in [0.05, 0.1) is 22.7 Å². The van der Waals surface area contributed by atoms with E-state index < -0.39 is 28.5 Å². The number of methoxy groups -OCH3 is 1. The zero-order chi connectivity index (χ0) is 30.0. The number of sulfonamides is 1. The van der Waals surface area contributed by atoms with E-state index in [1.165, 1.54) is 36.3 Å². The summed E-state index contributed by atoms with van der Waals surface area (Å²) in [5, 5.41) is 3.13. The fourth-order valence-corrected chi connectivity index (χ4v) is 6.05. The summed E-state index contributed by atoms with van der Waals surface area (Å²) in [5.74, 6) is -0.421. The van der Waals surface area contributed by atoms with Crippen molar-refractivity contribution in [2.75, 3.05) is 24.5 Å². The van der Waals surface area contributed by atoms with E-state index in [-0.39, 0.29) is 28.1 Å². The molecule has 10 heteroatoms. The fraction of sp³-hybridized carbons (Fsp3) is 0.355. The van der Waals surface area contributed by atoms with Gasteiger partial charge in [-0.15, -0.1) is 0 Å². The summed E-state index contributed by atoms with van der Waals surface area (Å²) in [5.41, 5.74) is 2.09. The number of halogens is 1. The van der Waals surface area contributed by atoms with Gasteiger partial charge in [-0.2, -0.15) is 0 Å². The SMILES string of the molecule is CCCCNC(=O)C(CC)N(Cc1ccc(C)cc1)C(=O)CN(c1ccc(OC)c(Cl)c1)S(=O)(=O)c1ccccc1. The highest BCUT2D eigenvalue weighted by molar-refractivity contribution is 7.92. The van der Waals surface area contributed by atoms with Gasteiger partial charge in [-0.3, -0.25) is 13.9 Å². The van der Waals surface area contributed by atoms with Crippen LogP contribution in [0.2, 0.25) is 5.02 Å². The van der Waals surface area contributed by atoms with Crippen LogP contribution in [-0.4, -0.2) is 51.4 Å². The van der Waals surface area contributed by atoms with Gasteiger partial charge in [0.2, 0.25) is 11.8 Å². The molecule has 2 amide bonds. The number of hydrogen-bond acceptors (Lipinski definition) is 5. The van der Waals surface area contributed by atoms with Crippen LogP contribution in [0.5, 0.6) is 5.75 Å². The Hall–Kier alpha value is -3.56. The highest BCUT2D eigenvalue weighted by atomic mass is 35.5. The molecule has 0 radical (unpaired) electrons. The van der Waals surface area contributed by atoms with Crippen molar-refractivity contribution in [3.8, 4) is 5.75 Å². The third-order valence-electron chi connectivity index (χ3n) is 6.72. The quantitative estimate of drug-likeness (QED) is 0.244. The van der Waals surface area contributed by atoms with Gasteiger partial charge < -0.3 is 15.0 Å². The lowest BCUT2D eigenvalue weighted by Gasteiger charge is -2.33. The number of aryl methyl sites for hydroxylation is 1. The summed E-state index contributed by atoms with van der Waals surface area (Å²) in [6.07, 6.45) is 2.09. The molecule has 0 aromatic heterocycles. The summed E-state index contributed by atoms with van der Waals surface area (Å²) in [6.45, 7) is 5.93. The normalized spacial score (nSPS) is 11.9. The Bertz CT molecular complexity index is 1420. The highest BCUT2D eigenvalue weighted by Crippen LogP contribution is 2.32. The van der Waals surface area contributed by atoms with Gasteiger partial charge >= 0.3 is 0 Å². The Morgan fingerprint density at radius 2 is 1.68 bits per heavy atom. The molecular weight excluding hydrogens is 562 g/mol. The second kappa shape index (κ2) is 14.9. The molecule has 0 aliphatic carbocycles. The smallest absolute Gasteiger partial charge is 0.264 e. The van der Waals surface area contributed by atoms with Crippen molar-refractivity contribution in [1.29, 1.82) is 0 Å². The summed E-state index contributed by atoms with van der Waals surface area (Å²) in [7, 11) is -2.72. The number of unbranched alkanes of at least 4 members (excludes halogenated alkanes) is 1. The van der Waals surface area contributed by atoms with Crippen LogP contribution in [0.15, 0.2) is 77.7 Å².